The highest BCUT2D eigenvalue weighted by molar-refractivity contribution is 8.00. The normalized spacial score (nSPS) is 10.9. The maximum atomic E-state index is 12.8. The number of carbonyl (C=O) groups is 3. The first-order valence-electron chi connectivity index (χ1n) is 9.72. The number of hydrogen-bond acceptors (Lipinski definition) is 5. The van der Waals surface area contributed by atoms with Gasteiger partial charge in [0.15, 0.2) is 0 Å². The van der Waals surface area contributed by atoms with Gasteiger partial charge in [-0.1, -0.05) is 60.7 Å². The zero-order chi connectivity index (χ0) is 22.8. The lowest BCUT2D eigenvalue weighted by molar-refractivity contribution is -0.133. The van der Waals surface area contributed by atoms with Crippen LogP contribution in [0.3, 0.4) is 0 Å². The molecule has 3 N–H and O–H groups in total. The first kappa shape index (κ1) is 22.8. The summed E-state index contributed by atoms with van der Waals surface area (Å²) in [4.78, 5) is 36.2. The summed E-state index contributed by atoms with van der Waals surface area (Å²) in [5, 5.41) is 15.9. The quantitative estimate of drug-likeness (QED) is 0.341. The van der Waals surface area contributed by atoms with Gasteiger partial charge in [-0.25, -0.2) is 5.43 Å². The van der Waals surface area contributed by atoms with Crippen molar-refractivity contribution in [3.63, 3.8) is 0 Å². The van der Waals surface area contributed by atoms with Crippen LogP contribution in [0.5, 0.6) is 0 Å². The lowest BCUT2D eigenvalue weighted by Crippen LogP contribution is -2.23. The van der Waals surface area contributed by atoms with E-state index >= 15 is 0 Å². The summed E-state index contributed by atoms with van der Waals surface area (Å²) in [6, 6.07) is 24.5. The van der Waals surface area contributed by atoms with Gasteiger partial charge >= 0.3 is 5.97 Å². The maximum absolute atomic E-state index is 12.8. The van der Waals surface area contributed by atoms with Crippen molar-refractivity contribution in [3.05, 3.63) is 102 Å². The van der Waals surface area contributed by atoms with Crippen LogP contribution >= 0.6 is 11.8 Å². The van der Waals surface area contributed by atoms with Crippen molar-refractivity contribution >= 4 is 40.9 Å². The van der Waals surface area contributed by atoms with Gasteiger partial charge in [0.1, 0.15) is 0 Å². The Morgan fingerprint density at radius 3 is 2.00 bits per heavy atom. The van der Waals surface area contributed by atoms with Crippen molar-refractivity contribution < 1.29 is 19.5 Å². The Balaban J connectivity index is 1.76. The van der Waals surface area contributed by atoms with E-state index in [1.807, 2.05) is 36.4 Å². The molecule has 0 fully saturated rings. The Morgan fingerprint density at radius 1 is 0.750 bits per heavy atom. The number of rotatable bonds is 9. The summed E-state index contributed by atoms with van der Waals surface area (Å²) in [7, 11) is 0. The average molecular weight is 448 g/mol. The van der Waals surface area contributed by atoms with E-state index in [1.165, 1.54) is 11.8 Å². The van der Waals surface area contributed by atoms with Crippen LogP contribution in [0.1, 0.15) is 26.3 Å². The van der Waals surface area contributed by atoms with Crippen LogP contribution in [0, 0.1) is 0 Å². The average Bonchev–Trinajstić information content (AvgIpc) is 2.82. The molecule has 3 rings (SSSR count). The standard InChI is InChI=1S/C24H21N3O4S/c28-22(29)16-32-15-21(17-9-3-1-4-10-17)26-27-24(31)19-13-7-8-14-20(19)25-23(30)18-11-5-2-6-12-18/h1-14H,15-16H2,(H,25,30)(H,27,31)(H,28,29)/b26-21-. The van der Waals surface area contributed by atoms with Crippen LogP contribution in [0.2, 0.25) is 0 Å². The highest BCUT2D eigenvalue weighted by atomic mass is 32.2. The van der Waals surface area contributed by atoms with E-state index in [1.54, 1.807) is 48.5 Å². The number of anilines is 1. The van der Waals surface area contributed by atoms with Crippen molar-refractivity contribution in [1.29, 1.82) is 0 Å². The number of hydrogen-bond donors (Lipinski definition) is 3. The summed E-state index contributed by atoms with van der Waals surface area (Å²) in [6.45, 7) is 0. The number of nitrogens with one attached hydrogen (secondary N) is 2. The molecule has 0 aliphatic carbocycles. The topological polar surface area (TPSA) is 108 Å². The fraction of sp³-hybridized carbons (Fsp3) is 0.0833. The summed E-state index contributed by atoms with van der Waals surface area (Å²) < 4.78 is 0. The summed E-state index contributed by atoms with van der Waals surface area (Å²) >= 11 is 1.18. The molecule has 0 heterocycles. The van der Waals surface area contributed by atoms with Gasteiger partial charge < -0.3 is 10.4 Å². The van der Waals surface area contributed by atoms with Crippen LogP contribution in [0.25, 0.3) is 0 Å². The van der Waals surface area contributed by atoms with E-state index in [2.05, 4.69) is 15.8 Å². The number of carboxylic acids is 1. The minimum absolute atomic E-state index is 0.0752. The Labute approximate surface area is 189 Å². The number of benzene rings is 3. The summed E-state index contributed by atoms with van der Waals surface area (Å²) in [6.07, 6.45) is 0. The van der Waals surface area contributed by atoms with Gasteiger partial charge in [-0.05, 0) is 29.8 Å². The molecule has 2 amide bonds. The number of nitrogens with zero attached hydrogens (tertiary/aromatic N) is 1. The molecule has 8 heteroatoms. The molecule has 0 aliphatic rings. The monoisotopic (exact) mass is 447 g/mol. The van der Waals surface area contributed by atoms with Crippen molar-refractivity contribution in [2.24, 2.45) is 5.10 Å². The van der Waals surface area contributed by atoms with Crippen molar-refractivity contribution in [2.45, 2.75) is 0 Å². The molecule has 0 saturated carbocycles. The van der Waals surface area contributed by atoms with Gasteiger partial charge in [-0.3, -0.25) is 14.4 Å². The van der Waals surface area contributed by atoms with Crippen LogP contribution in [0.4, 0.5) is 5.69 Å². The van der Waals surface area contributed by atoms with Gasteiger partial charge in [0.2, 0.25) is 0 Å². The van der Waals surface area contributed by atoms with Crippen molar-refractivity contribution in [1.82, 2.24) is 5.43 Å². The molecule has 0 saturated heterocycles. The number of amides is 2. The predicted octanol–water partition coefficient (Wildman–Crippen LogP) is 3.89. The fourth-order valence-corrected chi connectivity index (χ4v) is 3.50. The Morgan fingerprint density at radius 2 is 1.34 bits per heavy atom. The zero-order valence-electron chi connectivity index (χ0n) is 17.0. The van der Waals surface area contributed by atoms with Gasteiger partial charge in [0, 0.05) is 11.3 Å². The number of hydrazone groups is 1. The zero-order valence-corrected chi connectivity index (χ0v) is 17.8. The molecule has 0 aliphatic heterocycles. The second kappa shape index (κ2) is 11.5. The molecule has 0 atom stereocenters. The SMILES string of the molecule is O=C(O)CSC/C(=N/NC(=O)c1ccccc1NC(=O)c1ccccc1)c1ccccc1. The van der Waals surface area contributed by atoms with E-state index in [9.17, 15) is 14.4 Å². The fourth-order valence-electron chi connectivity index (χ4n) is 2.80. The molecule has 0 spiro atoms. The predicted molar refractivity (Wildman–Crippen MR) is 126 cm³/mol. The number of thioether (sulfide) groups is 1. The van der Waals surface area contributed by atoms with Gasteiger partial charge in [-0.15, -0.1) is 11.8 Å². The largest absolute Gasteiger partial charge is 0.481 e. The Hall–Kier alpha value is -3.91. The van der Waals surface area contributed by atoms with E-state index in [-0.39, 0.29) is 17.2 Å². The third-order valence-electron chi connectivity index (χ3n) is 4.32. The van der Waals surface area contributed by atoms with E-state index in [0.717, 1.165) is 5.56 Å². The number of aliphatic carboxylic acids is 1. The van der Waals surface area contributed by atoms with Gasteiger partial charge in [0.25, 0.3) is 11.8 Å². The number of carboxylic acid groups (broad SMARTS) is 1. The molecule has 3 aromatic rings. The molecular formula is C24H21N3O4S. The molecule has 3 aromatic carbocycles. The van der Waals surface area contributed by atoms with Crippen LogP contribution in [-0.2, 0) is 4.79 Å². The highest BCUT2D eigenvalue weighted by Crippen LogP contribution is 2.17. The van der Waals surface area contributed by atoms with Gasteiger partial charge in [-0.2, -0.15) is 5.10 Å². The van der Waals surface area contributed by atoms with Crippen molar-refractivity contribution in [2.75, 3.05) is 16.8 Å². The first-order chi connectivity index (χ1) is 15.5. The van der Waals surface area contributed by atoms with Crippen LogP contribution in [0.15, 0.2) is 90.0 Å². The number of para-hydroxylation sites is 1. The molecule has 0 unspecified atom stereocenters. The molecule has 7 nitrogen and oxygen atoms in total. The first-order valence-corrected chi connectivity index (χ1v) is 10.9. The maximum Gasteiger partial charge on any atom is 0.313 e. The van der Waals surface area contributed by atoms with E-state index in [0.29, 0.717) is 22.7 Å². The Bertz CT molecular complexity index is 1120. The van der Waals surface area contributed by atoms with Crippen LogP contribution in [-0.4, -0.2) is 40.1 Å². The molecule has 0 aromatic heterocycles. The third-order valence-corrected chi connectivity index (χ3v) is 5.25. The third kappa shape index (κ3) is 6.55. The second-order valence-electron chi connectivity index (χ2n) is 6.62. The smallest absolute Gasteiger partial charge is 0.313 e. The minimum atomic E-state index is -0.922. The van der Waals surface area contributed by atoms with E-state index in [4.69, 9.17) is 5.11 Å². The summed E-state index contributed by atoms with van der Waals surface area (Å²) in [5.74, 6) is -1.51. The highest BCUT2D eigenvalue weighted by Gasteiger charge is 2.14. The molecule has 32 heavy (non-hydrogen) atoms. The second-order valence-corrected chi connectivity index (χ2v) is 7.60. The molecule has 0 radical (unpaired) electrons. The van der Waals surface area contributed by atoms with Gasteiger partial charge in [0.05, 0.1) is 22.7 Å². The van der Waals surface area contributed by atoms with Crippen LogP contribution < -0.4 is 10.7 Å². The molecule has 162 valence electrons. The lowest BCUT2D eigenvalue weighted by atomic mass is 10.1. The van der Waals surface area contributed by atoms with E-state index < -0.39 is 11.9 Å². The lowest BCUT2D eigenvalue weighted by Gasteiger charge is -2.11. The summed E-state index contributed by atoms with van der Waals surface area (Å²) in [5.41, 5.74) is 4.93. The Kier molecular flexibility index (Phi) is 8.16. The minimum Gasteiger partial charge on any atom is -0.481 e. The molecule has 0 bridgehead atoms. The molecular weight excluding hydrogens is 426 g/mol. The number of carbonyl (C=O) groups excluding carboxylic acids is 2. The van der Waals surface area contributed by atoms with Crippen molar-refractivity contribution in [3.8, 4) is 0 Å².